The lowest BCUT2D eigenvalue weighted by molar-refractivity contribution is -0.384. The monoisotopic (exact) mass is 575 g/mol. The summed E-state index contributed by atoms with van der Waals surface area (Å²) in [6.07, 6.45) is 5.55. The molecule has 0 unspecified atom stereocenters. The molecule has 1 heterocycles. The molecule has 0 saturated carbocycles. The molecule has 11 heteroatoms. The lowest BCUT2D eigenvalue weighted by Gasteiger charge is -2.12. The number of rotatable bonds is 9. The maximum absolute atomic E-state index is 13.2. The van der Waals surface area contributed by atoms with Gasteiger partial charge in [-0.25, -0.2) is 4.99 Å². The van der Waals surface area contributed by atoms with E-state index >= 15 is 0 Å². The number of amides is 1. The van der Waals surface area contributed by atoms with Crippen LogP contribution < -0.4 is 9.50 Å². The van der Waals surface area contributed by atoms with Crippen molar-refractivity contribution in [2.75, 3.05) is 0 Å². The van der Waals surface area contributed by atoms with Crippen molar-refractivity contribution in [1.29, 1.82) is 0 Å². The van der Waals surface area contributed by atoms with Crippen LogP contribution in [0.2, 0.25) is 0 Å². The normalized spacial score (nSPS) is 13.1. The lowest BCUT2D eigenvalue weighted by Crippen LogP contribution is -2.24. The summed E-state index contributed by atoms with van der Waals surface area (Å²) in [7, 11) is -4.17. The van der Waals surface area contributed by atoms with E-state index in [9.17, 15) is 23.3 Å². The van der Waals surface area contributed by atoms with Crippen LogP contribution in [0.4, 0.5) is 10.7 Å². The van der Waals surface area contributed by atoms with E-state index in [0.29, 0.717) is 22.7 Å². The van der Waals surface area contributed by atoms with Crippen molar-refractivity contribution in [3.05, 3.63) is 116 Å². The molecule has 0 atom stereocenters. The highest BCUT2D eigenvalue weighted by Crippen LogP contribution is 2.40. The quantitative estimate of drug-likeness (QED) is 0.113. The minimum absolute atomic E-state index is 0.0862. The highest BCUT2D eigenvalue weighted by Gasteiger charge is 2.25. The predicted octanol–water partition coefficient (Wildman–Crippen LogP) is 5.98. The Morgan fingerprint density at radius 1 is 1.00 bits per heavy atom. The second-order valence-electron chi connectivity index (χ2n) is 9.18. The maximum Gasteiger partial charge on any atom is 0.339 e. The highest BCUT2D eigenvalue weighted by atomic mass is 32.2. The van der Waals surface area contributed by atoms with Gasteiger partial charge in [0.25, 0.3) is 11.6 Å². The Morgan fingerprint density at radius 3 is 2.40 bits per heavy atom. The van der Waals surface area contributed by atoms with Gasteiger partial charge in [-0.1, -0.05) is 30.3 Å². The van der Waals surface area contributed by atoms with Gasteiger partial charge >= 0.3 is 10.1 Å². The summed E-state index contributed by atoms with van der Waals surface area (Å²) in [6.45, 7) is 0.428. The number of carbonyl (C=O) groups is 1. The van der Waals surface area contributed by atoms with Gasteiger partial charge in [0.1, 0.15) is 15.6 Å². The summed E-state index contributed by atoms with van der Waals surface area (Å²) in [6, 6.07) is 20.5. The average molecular weight is 576 g/mol. The molecule has 204 valence electrons. The summed E-state index contributed by atoms with van der Waals surface area (Å²) >= 11 is 1.54. The smallest absolute Gasteiger partial charge is 0.339 e. The maximum atomic E-state index is 13.2. The SMILES string of the molecule is O=C(NCc1ccccc1)c1c(N=Cc2ccc(OS(=O)(=O)c3ccc([N+](=O)[O-])cc3)cc2)sc2c1CCCC2. The first-order valence-electron chi connectivity index (χ1n) is 12.6. The Kier molecular flexibility index (Phi) is 8.04. The number of benzene rings is 3. The molecule has 1 aliphatic carbocycles. The van der Waals surface area contributed by atoms with E-state index in [0.717, 1.165) is 61.1 Å². The van der Waals surface area contributed by atoms with Crippen LogP contribution in [0.1, 0.15) is 44.8 Å². The molecule has 9 nitrogen and oxygen atoms in total. The zero-order valence-corrected chi connectivity index (χ0v) is 22.9. The Labute approximate surface area is 235 Å². The van der Waals surface area contributed by atoms with Gasteiger partial charge in [-0.15, -0.1) is 11.3 Å². The fourth-order valence-electron chi connectivity index (χ4n) is 4.40. The molecule has 4 aromatic rings. The molecule has 0 fully saturated rings. The molecule has 1 aromatic heterocycles. The minimum Gasteiger partial charge on any atom is -0.379 e. The van der Waals surface area contributed by atoms with Crippen LogP contribution in [0.15, 0.2) is 88.8 Å². The summed E-state index contributed by atoms with van der Waals surface area (Å²) < 4.78 is 30.3. The molecule has 0 saturated heterocycles. The van der Waals surface area contributed by atoms with Crippen LogP contribution in [0.3, 0.4) is 0 Å². The molecule has 3 aromatic carbocycles. The standard InChI is InChI=1S/C29H25N3O6S2/c33-28(30-18-20-6-2-1-3-7-20)27-25-8-4-5-9-26(25)39-29(27)31-19-21-10-14-23(15-11-21)38-40(36,37)24-16-12-22(13-17-24)32(34)35/h1-3,6-7,10-17,19H,4-5,8-9,18H2,(H,30,33). The molecule has 0 bridgehead atoms. The van der Waals surface area contributed by atoms with Crippen molar-refractivity contribution >= 4 is 44.3 Å². The Hall–Kier alpha value is -4.35. The van der Waals surface area contributed by atoms with Crippen LogP contribution in [0.5, 0.6) is 5.75 Å². The number of aryl methyl sites for hydroxylation is 1. The third-order valence-electron chi connectivity index (χ3n) is 6.43. The Balaban J connectivity index is 1.31. The van der Waals surface area contributed by atoms with Crippen molar-refractivity contribution in [3.63, 3.8) is 0 Å². The van der Waals surface area contributed by atoms with Gasteiger partial charge in [0, 0.05) is 29.8 Å². The molecule has 1 N–H and O–H groups in total. The molecule has 5 rings (SSSR count). The molecule has 40 heavy (non-hydrogen) atoms. The predicted molar refractivity (Wildman–Crippen MR) is 153 cm³/mol. The van der Waals surface area contributed by atoms with E-state index in [4.69, 9.17) is 4.18 Å². The van der Waals surface area contributed by atoms with E-state index in [1.807, 2.05) is 30.3 Å². The van der Waals surface area contributed by atoms with Crippen molar-refractivity contribution in [2.24, 2.45) is 4.99 Å². The van der Waals surface area contributed by atoms with Crippen LogP contribution in [0.25, 0.3) is 0 Å². The first-order valence-corrected chi connectivity index (χ1v) is 14.8. The summed E-state index contributed by atoms with van der Waals surface area (Å²) in [5, 5.41) is 14.5. The van der Waals surface area contributed by atoms with Gasteiger partial charge in [0.15, 0.2) is 0 Å². The zero-order chi connectivity index (χ0) is 28.1. The number of nitro groups is 1. The number of thiophene rings is 1. The second-order valence-corrected chi connectivity index (χ2v) is 11.8. The van der Waals surface area contributed by atoms with E-state index in [-0.39, 0.29) is 22.2 Å². The molecule has 1 aliphatic rings. The summed E-state index contributed by atoms with van der Waals surface area (Å²) in [5.41, 5.74) is 3.20. The largest absolute Gasteiger partial charge is 0.379 e. The Bertz CT molecular complexity index is 1660. The van der Waals surface area contributed by atoms with Crippen LogP contribution in [-0.2, 0) is 29.5 Å². The van der Waals surface area contributed by atoms with Gasteiger partial charge in [-0.2, -0.15) is 8.42 Å². The van der Waals surface area contributed by atoms with Crippen molar-refractivity contribution in [3.8, 4) is 5.75 Å². The van der Waals surface area contributed by atoms with Crippen molar-refractivity contribution in [1.82, 2.24) is 5.32 Å². The number of fused-ring (bicyclic) bond motifs is 1. The lowest BCUT2D eigenvalue weighted by atomic mass is 9.95. The van der Waals surface area contributed by atoms with E-state index < -0.39 is 15.0 Å². The summed E-state index contributed by atoms with van der Waals surface area (Å²) in [5.74, 6) is -0.0568. The number of aliphatic imine (C=N–C) groups is 1. The number of nitro benzene ring substituents is 1. The van der Waals surface area contributed by atoms with Crippen LogP contribution >= 0.6 is 11.3 Å². The van der Waals surface area contributed by atoms with Gasteiger partial charge < -0.3 is 9.50 Å². The topological polar surface area (TPSA) is 128 Å². The molecule has 0 radical (unpaired) electrons. The van der Waals surface area contributed by atoms with Gasteiger partial charge in [0.2, 0.25) is 0 Å². The number of nitrogens with one attached hydrogen (secondary N) is 1. The van der Waals surface area contributed by atoms with Crippen LogP contribution in [-0.4, -0.2) is 25.5 Å². The second kappa shape index (κ2) is 11.8. The number of hydrogen-bond donors (Lipinski definition) is 1. The number of carbonyl (C=O) groups excluding carboxylic acids is 1. The van der Waals surface area contributed by atoms with Crippen LogP contribution in [0, 0.1) is 10.1 Å². The number of non-ortho nitro benzene ring substituents is 1. The van der Waals surface area contributed by atoms with Gasteiger partial charge in [0.05, 0.1) is 10.5 Å². The Morgan fingerprint density at radius 2 is 1.70 bits per heavy atom. The summed E-state index contributed by atoms with van der Waals surface area (Å²) in [4.78, 5) is 29.1. The molecular formula is C29H25N3O6S2. The molecular weight excluding hydrogens is 550 g/mol. The first-order chi connectivity index (χ1) is 19.3. The van der Waals surface area contributed by atoms with E-state index in [2.05, 4.69) is 10.3 Å². The third kappa shape index (κ3) is 6.27. The number of hydrogen-bond acceptors (Lipinski definition) is 8. The number of nitrogens with zero attached hydrogens (tertiary/aromatic N) is 2. The van der Waals surface area contributed by atoms with Gasteiger partial charge in [-0.05, 0) is 78.8 Å². The molecule has 0 aliphatic heterocycles. The van der Waals surface area contributed by atoms with E-state index in [1.165, 1.54) is 28.3 Å². The molecule has 1 amide bonds. The minimum atomic E-state index is -4.17. The first kappa shape index (κ1) is 27.2. The highest BCUT2D eigenvalue weighted by molar-refractivity contribution is 7.87. The molecule has 0 spiro atoms. The van der Waals surface area contributed by atoms with Crippen molar-refractivity contribution in [2.45, 2.75) is 37.1 Å². The van der Waals surface area contributed by atoms with Gasteiger partial charge in [-0.3, -0.25) is 14.9 Å². The zero-order valence-electron chi connectivity index (χ0n) is 21.3. The van der Waals surface area contributed by atoms with E-state index in [1.54, 1.807) is 18.3 Å². The third-order valence-corrected chi connectivity index (χ3v) is 8.89. The van der Waals surface area contributed by atoms with Crippen molar-refractivity contribution < 1.29 is 22.3 Å². The fourth-order valence-corrected chi connectivity index (χ4v) is 6.56. The fraction of sp³-hybridized carbons (Fsp3) is 0.172. The average Bonchev–Trinajstić information content (AvgIpc) is 3.34.